The van der Waals surface area contributed by atoms with E-state index in [9.17, 15) is 9.59 Å². The summed E-state index contributed by atoms with van der Waals surface area (Å²) >= 11 is 0. The first-order valence-electron chi connectivity index (χ1n) is 13.0. The van der Waals surface area contributed by atoms with Gasteiger partial charge in [0.15, 0.2) is 17.3 Å². The maximum Gasteiger partial charge on any atom is 0.289 e. The second-order valence-corrected chi connectivity index (χ2v) is 9.11. The van der Waals surface area contributed by atoms with Crippen LogP contribution in [0.25, 0.3) is 6.08 Å². The third-order valence-corrected chi connectivity index (χ3v) is 6.57. The van der Waals surface area contributed by atoms with Crippen LogP contribution in [0.15, 0.2) is 54.3 Å². The molecular weight excluding hydrogens is 456 g/mol. The zero-order valence-corrected chi connectivity index (χ0v) is 21.2. The molecule has 0 radical (unpaired) electrons. The number of carbonyl (C=O) groups excluding carboxylic acids is 2. The number of benzene rings is 2. The van der Waals surface area contributed by atoms with Gasteiger partial charge < -0.3 is 24.4 Å². The number of fused-ring (bicyclic) bond motifs is 1. The van der Waals surface area contributed by atoms with Gasteiger partial charge in [-0.1, -0.05) is 42.8 Å². The SMILES string of the molecule is CCOc1ccc(CCNC(=O)CN2C(=O)/C(=C\c3ccccc3)OC3CCCCC32)cc1OCC. The van der Waals surface area contributed by atoms with Gasteiger partial charge in [0, 0.05) is 6.54 Å². The zero-order chi connectivity index (χ0) is 25.3. The molecule has 2 unspecified atom stereocenters. The van der Waals surface area contributed by atoms with Crippen LogP contribution in [0.1, 0.15) is 50.7 Å². The first-order chi connectivity index (χ1) is 17.6. The fourth-order valence-electron chi connectivity index (χ4n) is 4.87. The molecule has 2 atom stereocenters. The van der Waals surface area contributed by atoms with Gasteiger partial charge in [-0.05, 0) is 68.9 Å². The Morgan fingerprint density at radius 1 is 1.06 bits per heavy atom. The molecule has 1 aliphatic carbocycles. The molecule has 1 saturated heterocycles. The number of carbonyl (C=O) groups is 2. The monoisotopic (exact) mass is 492 g/mol. The maximum atomic E-state index is 13.3. The topological polar surface area (TPSA) is 77.1 Å². The predicted molar refractivity (Wildman–Crippen MR) is 139 cm³/mol. The number of hydrogen-bond acceptors (Lipinski definition) is 5. The molecule has 2 aromatic carbocycles. The minimum atomic E-state index is -0.218. The fraction of sp³-hybridized carbons (Fsp3) is 0.448. The molecule has 7 nitrogen and oxygen atoms in total. The van der Waals surface area contributed by atoms with Gasteiger partial charge in [0.25, 0.3) is 5.91 Å². The zero-order valence-electron chi connectivity index (χ0n) is 21.2. The summed E-state index contributed by atoms with van der Waals surface area (Å²) < 4.78 is 17.5. The summed E-state index contributed by atoms with van der Waals surface area (Å²) in [5.74, 6) is 1.37. The number of nitrogens with zero attached hydrogens (tertiary/aromatic N) is 1. The van der Waals surface area contributed by atoms with E-state index in [-0.39, 0.29) is 30.5 Å². The molecule has 0 aromatic heterocycles. The molecule has 4 rings (SSSR count). The molecule has 0 bridgehead atoms. The molecular formula is C29H36N2O5. The van der Waals surface area contributed by atoms with Gasteiger partial charge in [-0.3, -0.25) is 9.59 Å². The van der Waals surface area contributed by atoms with Crippen molar-refractivity contribution in [2.75, 3.05) is 26.3 Å². The second kappa shape index (κ2) is 12.5. The Labute approximate surface area is 213 Å². The van der Waals surface area contributed by atoms with Crippen LogP contribution in [0, 0.1) is 0 Å². The average Bonchev–Trinajstić information content (AvgIpc) is 2.89. The van der Waals surface area contributed by atoms with Crippen molar-refractivity contribution in [1.29, 1.82) is 0 Å². The molecule has 1 N–H and O–H groups in total. The van der Waals surface area contributed by atoms with Gasteiger partial charge in [-0.25, -0.2) is 0 Å². The number of amides is 2. The van der Waals surface area contributed by atoms with E-state index in [1.807, 2.05) is 62.4 Å². The van der Waals surface area contributed by atoms with Gasteiger partial charge in [-0.2, -0.15) is 0 Å². The van der Waals surface area contributed by atoms with Crippen molar-refractivity contribution in [3.05, 3.63) is 65.4 Å². The van der Waals surface area contributed by atoms with Crippen LogP contribution in [0.2, 0.25) is 0 Å². The van der Waals surface area contributed by atoms with Crippen molar-refractivity contribution in [2.24, 2.45) is 0 Å². The van der Waals surface area contributed by atoms with E-state index in [1.54, 1.807) is 11.0 Å². The van der Waals surface area contributed by atoms with Gasteiger partial charge in [-0.15, -0.1) is 0 Å². The minimum Gasteiger partial charge on any atom is -0.490 e. The number of nitrogens with one attached hydrogen (secondary N) is 1. The summed E-state index contributed by atoms with van der Waals surface area (Å²) in [5.41, 5.74) is 1.95. The lowest BCUT2D eigenvalue weighted by atomic mass is 9.89. The Morgan fingerprint density at radius 3 is 2.58 bits per heavy atom. The number of morpholine rings is 1. The lowest BCUT2D eigenvalue weighted by Gasteiger charge is -2.44. The van der Waals surface area contributed by atoms with Crippen LogP contribution >= 0.6 is 0 Å². The van der Waals surface area contributed by atoms with Crippen LogP contribution in [0.3, 0.4) is 0 Å². The molecule has 2 aromatic rings. The van der Waals surface area contributed by atoms with Crippen LogP contribution < -0.4 is 14.8 Å². The number of ether oxygens (including phenoxy) is 3. The summed E-state index contributed by atoms with van der Waals surface area (Å²) in [6.07, 6.45) is 6.21. The van der Waals surface area contributed by atoms with Gasteiger partial charge in [0.1, 0.15) is 12.6 Å². The van der Waals surface area contributed by atoms with Crippen molar-refractivity contribution in [3.63, 3.8) is 0 Å². The summed E-state index contributed by atoms with van der Waals surface area (Å²) in [6, 6.07) is 15.4. The molecule has 36 heavy (non-hydrogen) atoms. The largest absolute Gasteiger partial charge is 0.490 e. The highest BCUT2D eigenvalue weighted by Crippen LogP contribution is 2.33. The third-order valence-electron chi connectivity index (χ3n) is 6.57. The van der Waals surface area contributed by atoms with Crippen molar-refractivity contribution >= 4 is 17.9 Å². The summed E-state index contributed by atoms with van der Waals surface area (Å²) in [7, 11) is 0. The predicted octanol–water partition coefficient (Wildman–Crippen LogP) is 4.35. The molecule has 192 valence electrons. The minimum absolute atomic E-state index is 0.0307. The lowest BCUT2D eigenvalue weighted by Crippen LogP contribution is -2.57. The van der Waals surface area contributed by atoms with Crippen LogP contribution in [-0.4, -0.2) is 55.2 Å². The molecule has 0 spiro atoms. The Kier molecular flexibility index (Phi) is 8.87. The molecule has 2 amide bonds. The Morgan fingerprint density at radius 2 is 1.81 bits per heavy atom. The van der Waals surface area contributed by atoms with E-state index in [0.717, 1.165) is 42.6 Å². The van der Waals surface area contributed by atoms with Crippen LogP contribution in [0.4, 0.5) is 0 Å². The number of rotatable bonds is 10. The maximum absolute atomic E-state index is 13.3. The van der Waals surface area contributed by atoms with E-state index in [4.69, 9.17) is 14.2 Å². The molecule has 1 saturated carbocycles. The highest BCUT2D eigenvalue weighted by molar-refractivity contribution is 5.98. The Balaban J connectivity index is 1.38. The molecule has 1 aliphatic heterocycles. The van der Waals surface area contributed by atoms with E-state index < -0.39 is 0 Å². The van der Waals surface area contributed by atoms with Crippen molar-refractivity contribution in [2.45, 2.75) is 58.1 Å². The van der Waals surface area contributed by atoms with Gasteiger partial charge in [0.05, 0.1) is 19.3 Å². The van der Waals surface area contributed by atoms with Gasteiger partial charge in [0.2, 0.25) is 5.91 Å². The number of hydrogen-bond donors (Lipinski definition) is 1. The van der Waals surface area contributed by atoms with E-state index in [2.05, 4.69) is 5.32 Å². The Hall–Kier alpha value is -3.48. The van der Waals surface area contributed by atoms with E-state index in [0.29, 0.717) is 37.7 Å². The Bertz CT molecular complexity index is 1070. The second-order valence-electron chi connectivity index (χ2n) is 9.11. The highest BCUT2D eigenvalue weighted by Gasteiger charge is 2.42. The molecule has 1 heterocycles. The highest BCUT2D eigenvalue weighted by atomic mass is 16.5. The fourth-order valence-corrected chi connectivity index (χ4v) is 4.87. The van der Waals surface area contributed by atoms with E-state index >= 15 is 0 Å². The van der Waals surface area contributed by atoms with E-state index in [1.165, 1.54) is 0 Å². The molecule has 2 fully saturated rings. The first kappa shape index (κ1) is 25.6. The normalized spacial score (nSPS) is 20.4. The average molecular weight is 493 g/mol. The summed E-state index contributed by atoms with van der Waals surface area (Å²) in [5, 5.41) is 2.99. The molecule has 7 heteroatoms. The van der Waals surface area contributed by atoms with Crippen LogP contribution in [-0.2, 0) is 20.7 Å². The quantitative estimate of drug-likeness (QED) is 0.499. The smallest absolute Gasteiger partial charge is 0.289 e. The summed E-state index contributed by atoms with van der Waals surface area (Å²) in [6.45, 7) is 5.50. The summed E-state index contributed by atoms with van der Waals surface area (Å²) in [4.78, 5) is 27.9. The standard InChI is InChI=1S/C29H36N2O5/c1-3-34-25-15-14-22(18-26(25)35-4-2)16-17-30-28(32)20-31-23-12-8-9-13-24(23)36-27(29(31)33)19-21-10-6-5-7-11-21/h5-7,10-11,14-15,18-19,23-24H,3-4,8-9,12-13,16-17,20H2,1-2H3,(H,30,32)/b27-19+. The third kappa shape index (κ3) is 6.39. The lowest BCUT2D eigenvalue weighted by molar-refractivity contribution is -0.151. The van der Waals surface area contributed by atoms with Crippen molar-refractivity contribution in [1.82, 2.24) is 10.2 Å². The molecule has 2 aliphatic rings. The van der Waals surface area contributed by atoms with Crippen LogP contribution in [0.5, 0.6) is 11.5 Å². The van der Waals surface area contributed by atoms with Crippen molar-refractivity contribution < 1.29 is 23.8 Å². The first-order valence-corrected chi connectivity index (χ1v) is 13.0. The van der Waals surface area contributed by atoms with Gasteiger partial charge >= 0.3 is 0 Å². The van der Waals surface area contributed by atoms with Crippen molar-refractivity contribution in [3.8, 4) is 11.5 Å².